The minimum atomic E-state index is -0.892. The zero-order chi connectivity index (χ0) is 8.85. The fourth-order valence-corrected chi connectivity index (χ4v) is 0.967. The molecule has 1 N–H and O–H groups in total. The Kier molecular flexibility index (Phi) is 4.61. The van der Waals surface area contributed by atoms with E-state index in [0.717, 1.165) is 0 Å². The van der Waals surface area contributed by atoms with Crippen molar-refractivity contribution in [3.8, 4) is 0 Å². The first-order chi connectivity index (χ1) is 5.13. The summed E-state index contributed by atoms with van der Waals surface area (Å²) in [6.07, 6.45) is -0.892. The summed E-state index contributed by atoms with van der Waals surface area (Å²) in [5, 5.41) is 8.64. The van der Waals surface area contributed by atoms with Crippen molar-refractivity contribution in [2.75, 3.05) is 20.3 Å². The Morgan fingerprint density at radius 3 is 2.55 bits per heavy atom. The second-order valence-corrected chi connectivity index (χ2v) is 2.37. The fraction of sp³-hybridized carbons (Fsp3) is 0.857. The molecule has 0 aliphatic heterocycles. The summed E-state index contributed by atoms with van der Waals surface area (Å²) in [7, 11) is 1.56. The highest BCUT2D eigenvalue weighted by Crippen LogP contribution is 1.98. The number of methoxy groups -OCH3 is 1. The summed E-state index contributed by atoms with van der Waals surface area (Å²) in [5.41, 5.74) is 0. The molecule has 0 aromatic heterocycles. The van der Waals surface area contributed by atoms with Crippen molar-refractivity contribution in [3.05, 3.63) is 0 Å². The van der Waals surface area contributed by atoms with Crippen LogP contribution in [0.5, 0.6) is 0 Å². The second-order valence-electron chi connectivity index (χ2n) is 2.37. The van der Waals surface area contributed by atoms with Crippen molar-refractivity contribution < 1.29 is 14.6 Å². The van der Waals surface area contributed by atoms with Crippen molar-refractivity contribution in [2.24, 2.45) is 0 Å². The Morgan fingerprint density at radius 2 is 2.27 bits per heavy atom. The third-order valence-corrected chi connectivity index (χ3v) is 1.53. The van der Waals surface area contributed by atoms with Crippen LogP contribution in [0.25, 0.3) is 0 Å². The van der Waals surface area contributed by atoms with Gasteiger partial charge in [0.1, 0.15) is 0 Å². The SMILES string of the molecule is CCN(C(=O)O)[C@@H](C)COC. The summed E-state index contributed by atoms with van der Waals surface area (Å²) in [4.78, 5) is 11.9. The van der Waals surface area contributed by atoms with Gasteiger partial charge in [-0.1, -0.05) is 0 Å². The molecular formula is C7H15NO3. The number of hydrogen-bond acceptors (Lipinski definition) is 2. The molecule has 0 unspecified atom stereocenters. The van der Waals surface area contributed by atoms with Gasteiger partial charge in [-0.15, -0.1) is 0 Å². The zero-order valence-electron chi connectivity index (χ0n) is 7.20. The normalized spacial score (nSPS) is 12.6. The first-order valence-electron chi connectivity index (χ1n) is 3.62. The molecule has 0 aromatic carbocycles. The predicted octanol–water partition coefficient (Wildman–Crippen LogP) is 1.02. The van der Waals surface area contributed by atoms with Gasteiger partial charge in [-0.3, -0.25) is 0 Å². The predicted molar refractivity (Wildman–Crippen MR) is 41.7 cm³/mol. The van der Waals surface area contributed by atoms with Crippen LogP contribution in [0.15, 0.2) is 0 Å². The molecule has 0 rings (SSSR count). The van der Waals surface area contributed by atoms with E-state index in [1.807, 2.05) is 6.92 Å². The molecule has 1 atom stereocenters. The minimum absolute atomic E-state index is 0.0671. The summed E-state index contributed by atoms with van der Waals surface area (Å²) in [5.74, 6) is 0. The summed E-state index contributed by atoms with van der Waals surface area (Å²) >= 11 is 0. The van der Waals surface area contributed by atoms with Gasteiger partial charge >= 0.3 is 6.09 Å². The quantitative estimate of drug-likeness (QED) is 0.669. The van der Waals surface area contributed by atoms with Crippen LogP contribution in [0, 0.1) is 0 Å². The Hall–Kier alpha value is -0.770. The van der Waals surface area contributed by atoms with Gasteiger partial charge in [0, 0.05) is 13.7 Å². The van der Waals surface area contributed by atoms with E-state index in [2.05, 4.69) is 0 Å². The lowest BCUT2D eigenvalue weighted by Gasteiger charge is -2.23. The molecule has 0 saturated heterocycles. The smallest absolute Gasteiger partial charge is 0.407 e. The first-order valence-corrected chi connectivity index (χ1v) is 3.62. The molecule has 66 valence electrons. The molecule has 0 aliphatic carbocycles. The molecule has 11 heavy (non-hydrogen) atoms. The van der Waals surface area contributed by atoms with Gasteiger partial charge < -0.3 is 14.7 Å². The molecule has 0 bridgehead atoms. The summed E-state index contributed by atoms with van der Waals surface area (Å²) in [6, 6.07) is -0.0671. The van der Waals surface area contributed by atoms with Crippen molar-refractivity contribution in [2.45, 2.75) is 19.9 Å². The van der Waals surface area contributed by atoms with E-state index in [9.17, 15) is 4.79 Å². The number of hydrogen-bond donors (Lipinski definition) is 1. The average Bonchev–Trinajstić information content (AvgIpc) is 1.88. The second kappa shape index (κ2) is 4.96. The van der Waals surface area contributed by atoms with Gasteiger partial charge in [0.25, 0.3) is 0 Å². The molecule has 4 nitrogen and oxygen atoms in total. The monoisotopic (exact) mass is 161 g/mol. The maximum atomic E-state index is 10.5. The van der Waals surface area contributed by atoms with E-state index in [4.69, 9.17) is 9.84 Å². The number of likely N-dealkylation sites (N-methyl/N-ethyl adjacent to an activating group) is 1. The maximum absolute atomic E-state index is 10.5. The number of rotatable bonds is 4. The van der Waals surface area contributed by atoms with Gasteiger partial charge in [0.2, 0.25) is 0 Å². The van der Waals surface area contributed by atoms with Crippen LogP contribution in [-0.2, 0) is 4.74 Å². The Balaban J connectivity index is 3.91. The molecule has 0 fully saturated rings. The van der Waals surface area contributed by atoms with Gasteiger partial charge in [-0.05, 0) is 13.8 Å². The zero-order valence-corrected chi connectivity index (χ0v) is 7.20. The van der Waals surface area contributed by atoms with Crippen LogP contribution >= 0.6 is 0 Å². The average molecular weight is 161 g/mol. The lowest BCUT2D eigenvalue weighted by molar-refractivity contribution is 0.0891. The molecule has 0 heterocycles. The van der Waals surface area contributed by atoms with E-state index in [0.29, 0.717) is 13.2 Å². The number of carbonyl (C=O) groups is 1. The molecular weight excluding hydrogens is 146 g/mol. The highest BCUT2D eigenvalue weighted by molar-refractivity contribution is 5.65. The van der Waals surface area contributed by atoms with Crippen molar-refractivity contribution >= 4 is 6.09 Å². The van der Waals surface area contributed by atoms with E-state index in [1.165, 1.54) is 4.90 Å². The maximum Gasteiger partial charge on any atom is 0.407 e. The van der Waals surface area contributed by atoms with Gasteiger partial charge in [0.15, 0.2) is 0 Å². The van der Waals surface area contributed by atoms with Crippen LogP contribution in [0.1, 0.15) is 13.8 Å². The lowest BCUT2D eigenvalue weighted by atomic mass is 10.3. The molecule has 1 amide bonds. The van der Waals surface area contributed by atoms with Gasteiger partial charge in [-0.25, -0.2) is 4.79 Å². The molecule has 0 aromatic rings. The van der Waals surface area contributed by atoms with Gasteiger partial charge in [0.05, 0.1) is 12.6 Å². The first kappa shape index (κ1) is 10.2. The Bertz CT molecular complexity index is 127. The molecule has 0 saturated carbocycles. The van der Waals surface area contributed by atoms with E-state index in [-0.39, 0.29) is 6.04 Å². The number of carboxylic acid groups (broad SMARTS) is 1. The van der Waals surface area contributed by atoms with Crippen molar-refractivity contribution in [1.82, 2.24) is 4.90 Å². The number of nitrogens with zero attached hydrogens (tertiary/aromatic N) is 1. The topological polar surface area (TPSA) is 49.8 Å². The fourth-order valence-electron chi connectivity index (χ4n) is 0.967. The van der Waals surface area contributed by atoms with Crippen LogP contribution in [0.4, 0.5) is 4.79 Å². The molecule has 0 aliphatic rings. The van der Waals surface area contributed by atoms with E-state index >= 15 is 0 Å². The molecule has 0 spiro atoms. The number of ether oxygens (including phenoxy) is 1. The largest absolute Gasteiger partial charge is 0.465 e. The van der Waals surface area contributed by atoms with Gasteiger partial charge in [-0.2, -0.15) is 0 Å². The summed E-state index contributed by atoms with van der Waals surface area (Å²) < 4.78 is 4.83. The number of amides is 1. The third-order valence-electron chi connectivity index (χ3n) is 1.53. The Morgan fingerprint density at radius 1 is 1.73 bits per heavy atom. The van der Waals surface area contributed by atoms with Crippen LogP contribution in [-0.4, -0.2) is 42.4 Å². The van der Waals surface area contributed by atoms with E-state index < -0.39 is 6.09 Å². The molecule has 4 heteroatoms. The third kappa shape index (κ3) is 3.23. The molecule has 0 radical (unpaired) electrons. The summed E-state index contributed by atoms with van der Waals surface area (Å²) in [6.45, 7) is 4.57. The van der Waals surface area contributed by atoms with E-state index in [1.54, 1.807) is 14.0 Å². The lowest BCUT2D eigenvalue weighted by Crippen LogP contribution is -2.39. The Labute approximate surface area is 66.8 Å². The van der Waals surface area contributed by atoms with Crippen LogP contribution < -0.4 is 0 Å². The van der Waals surface area contributed by atoms with Crippen LogP contribution in [0.3, 0.4) is 0 Å². The highest BCUT2D eigenvalue weighted by atomic mass is 16.5. The minimum Gasteiger partial charge on any atom is -0.465 e. The van der Waals surface area contributed by atoms with Crippen LogP contribution in [0.2, 0.25) is 0 Å². The van der Waals surface area contributed by atoms with Crippen molar-refractivity contribution in [1.29, 1.82) is 0 Å². The standard InChI is InChI=1S/C7H15NO3/c1-4-8(7(9)10)6(2)5-11-3/h6H,4-5H2,1-3H3,(H,9,10)/t6-/m0/s1. The highest BCUT2D eigenvalue weighted by Gasteiger charge is 2.16. The van der Waals surface area contributed by atoms with Crippen molar-refractivity contribution in [3.63, 3.8) is 0 Å².